The molecule has 0 spiro atoms. The number of benzene rings is 3. The fourth-order valence-corrected chi connectivity index (χ4v) is 4.25. The fraction of sp³-hybridized carbons (Fsp3) is 0.0455. The van der Waals surface area contributed by atoms with Crippen molar-refractivity contribution in [2.45, 2.75) is 6.54 Å². The van der Waals surface area contributed by atoms with Crippen LogP contribution >= 0.6 is 22.9 Å². The van der Waals surface area contributed by atoms with Crippen molar-refractivity contribution in [2.24, 2.45) is 4.99 Å². The second kappa shape index (κ2) is 7.19. The molecule has 6 heteroatoms. The number of fused-ring (bicyclic) bond motifs is 2. The van der Waals surface area contributed by atoms with Gasteiger partial charge in [-0.2, -0.15) is 0 Å². The standard InChI is InChI=1S/C22H15ClN4S/c23-16-9-6-10-17(13-16)27-20-21(26-19-12-5-4-11-18(19)25-20)28-22(27)24-14-15-7-2-1-3-8-15/h1-13H,14H2. The van der Waals surface area contributed by atoms with Gasteiger partial charge < -0.3 is 0 Å². The number of para-hydroxylation sites is 2. The van der Waals surface area contributed by atoms with Crippen LogP contribution in [-0.2, 0) is 6.54 Å². The lowest BCUT2D eigenvalue weighted by Gasteiger charge is -2.06. The summed E-state index contributed by atoms with van der Waals surface area (Å²) in [6.45, 7) is 0.591. The predicted molar refractivity (Wildman–Crippen MR) is 115 cm³/mol. The number of halogens is 1. The Kier molecular flexibility index (Phi) is 4.39. The van der Waals surface area contributed by atoms with Gasteiger partial charge in [0.25, 0.3) is 0 Å². The largest absolute Gasteiger partial charge is 0.268 e. The zero-order chi connectivity index (χ0) is 18.9. The molecule has 0 aliphatic heterocycles. The zero-order valence-corrected chi connectivity index (χ0v) is 16.4. The number of hydrogen-bond acceptors (Lipinski definition) is 4. The van der Waals surface area contributed by atoms with Crippen LogP contribution in [0.25, 0.3) is 27.2 Å². The Morgan fingerprint density at radius 1 is 0.857 bits per heavy atom. The first-order valence-electron chi connectivity index (χ1n) is 8.87. The van der Waals surface area contributed by atoms with Crippen LogP contribution < -0.4 is 4.80 Å². The number of thiazole rings is 1. The lowest BCUT2D eigenvalue weighted by molar-refractivity contribution is 0.935. The molecule has 4 nitrogen and oxygen atoms in total. The van der Waals surface area contributed by atoms with Crippen molar-refractivity contribution in [1.82, 2.24) is 14.5 Å². The maximum Gasteiger partial charge on any atom is 0.193 e. The Balaban J connectivity index is 1.78. The molecule has 0 N–H and O–H groups in total. The minimum Gasteiger partial charge on any atom is -0.268 e. The van der Waals surface area contributed by atoms with Gasteiger partial charge >= 0.3 is 0 Å². The van der Waals surface area contributed by atoms with Crippen LogP contribution in [0.1, 0.15) is 5.56 Å². The van der Waals surface area contributed by atoms with Crippen molar-refractivity contribution in [1.29, 1.82) is 0 Å². The Hall–Kier alpha value is -3.02. The van der Waals surface area contributed by atoms with Crippen LogP contribution in [0.5, 0.6) is 0 Å². The molecule has 5 rings (SSSR count). The summed E-state index contributed by atoms with van der Waals surface area (Å²) in [4.78, 5) is 16.2. The summed E-state index contributed by atoms with van der Waals surface area (Å²) < 4.78 is 2.04. The maximum atomic E-state index is 6.26. The van der Waals surface area contributed by atoms with Gasteiger partial charge in [-0.1, -0.05) is 71.5 Å². The minimum atomic E-state index is 0.591. The summed E-state index contributed by atoms with van der Waals surface area (Å²) in [5.74, 6) is 0. The molecule has 0 radical (unpaired) electrons. The summed E-state index contributed by atoms with van der Waals surface area (Å²) in [6.07, 6.45) is 0. The monoisotopic (exact) mass is 402 g/mol. The summed E-state index contributed by atoms with van der Waals surface area (Å²) in [5.41, 5.74) is 4.61. The number of aromatic nitrogens is 3. The zero-order valence-electron chi connectivity index (χ0n) is 14.8. The quantitative estimate of drug-likeness (QED) is 0.406. The molecule has 136 valence electrons. The summed E-state index contributed by atoms with van der Waals surface area (Å²) >= 11 is 7.79. The topological polar surface area (TPSA) is 43.1 Å². The van der Waals surface area contributed by atoms with E-state index < -0.39 is 0 Å². The van der Waals surface area contributed by atoms with E-state index in [0.29, 0.717) is 11.6 Å². The highest BCUT2D eigenvalue weighted by Gasteiger charge is 2.13. The number of nitrogens with zero attached hydrogens (tertiary/aromatic N) is 4. The molecular formula is C22H15ClN4S. The molecule has 0 fully saturated rings. The third-order valence-corrected chi connectivity index (χ3v) is 5.62. The minimum absolute atomic E-state index is 0.591. The second-order valence-electron chi connectivity index (χ2n) is 6.34. The van der Waals surface area contributed by atoms with E-state index in [2.05, 4.69) is 12.1 Å². The van der Waals surface area contributed by atoms with Gasteiger partial charge in [-0.25, -0.2) is 9.97 Å². The molecule has 0 amide bonds. The molecule has 5 aromatic rings. The van der Waals surface area contributed by atoms with Crippen LogP contribution in [-0.4, -0.2) is 14.5 Å². The summed E-state index contributed by atoms with van der Waals surface area (Å²) in [7, 11) is 0. The highest BCUT2D eigenvalue weighted by Crippen LogP contribution is 2.22. The smallest absolute Gasteiger partial charge is 0.193 e. The van der Waals surface area contributed by atoms with E-state index in [1.807, 2.05) is 71.3 Å². The predicted octanol–water partition coefficient (Wildman–Crippen LogP) is 5.39. The molecule has 0 bridgehead atoms. The molecule has 3 aromatic carbocycles. The average molecular weight is 403 g/mol. The highest BCUT2D eigenvalue weighted by atomic mass is 35.5. The number of hydrogen-bond donors (Lipinski definition) is 0. The molecule has 28 heavy (non-hydrogen) atoms. The molecule has 0 saturated heterocycles. The van der Waals surface area contributed by atoms with E-state index in [9.17, 15) is 0 Å². The normalized spacial score (nSPS) is 12.1. The third-order valence-electron chi connectivity index (χ3n) is 4.42. The van der Waals surface area contributed by atoms with Gasteiger partial charge in [0.2, 0.25) is 0 Å². The van der Waals surface area contributed by atoms with Crippen LogP contribution in [0.4, 0.5) is 0 Å². The molecule has 0 aliphatic carbocycles. The number of rotatable bonds is 3. The second-order valence-corrected chi connectivity index (χ2v) is 7.74. The molecule has 0 aliphatic rings. The van der Waals surface area contributed by atoms with Crippen molar-refractivity contribution < 1.29 is 0 Å². The van der Waals surface area contributed by atoms with Crippen molar-refractivity contribution in [3.8, 4) is 5.69 Å². The van der Waals surface area contributed by atoms with Crippen LogP contribution in [0.15, 0.2) is 83.9 Å². The van der Waals surface area contributed by atoms with Crippen molar-refractivity contribution in [3.63, 3.8) is 0 Å². The van der Waals surface area contributed by atoms with Gasteiger partial charge in [-0.15, -0.1) is 0 Å². The highest BCUT2D eigenvalue weighted by molar-refractivity contribution is 7.15. The molecule has 0 saturated carbocycles. The Morgan fingerprint density at radius 3 is 2.39 bits per heavy atom. The van der Waals surface area contributed by atoms with E-state index in [1.54, 1.807) is 0 Å². The van der Waals surface area contributed by atoms with E-state index >= 15 is 0 Å². The lowest BCUT2D eigenvalue weighted by Crippen LogP contribution is -2.13. The SMILES string of the molecule is Clc1cccc(-n2c(=NCc3ccccc3)sc3nc4ccccc4nc32)c1. The van der Waals surface area contributed by atoms with Crippen LogP contribution in [0.2, 0.25) is 5.02 Å². The maximum absolute atomic E-state index is 6.26. The molecule has 2 heterocycles. The van der Waals surface area contributed by atoms with Crippen molar-refractivity contribution in [2.75, 3.05) is 0 Å². The van der Waals surface area contributed by atoms with E-state index in [-0.39, 0.29) is 0 Å². The van der Waals surface area contributed by atoms with Crippen molar-refractivity contribution in [3.05, 3.63) is 94.3 Å². The third kappa shape index (κ3) is 3.19. The van der Waals surface area contributed by atoms with Gasteiger partial charge in [0.1, 0.15) is 0 Å². The Bertz CT molecular complexity index is 1360. The lowest BCUT2D eigenvalue weighted by atomic mass is 10.2. The molecule has 0 atom stereocenters. The Labute approximate surface area is 170 Å². The summed E-state index contributed by atoms with van der Waals surface area (Å²) in [5, 5.41) is 0.673. The van der Waals surface area contributed by atoms with Gasteiger partial charge in [0.05, 0.1) is 23.3 Å². The van der Waals surface area contributed by atoms with E-state index in [1.165, 1.54) is 11.3 Å². The van der Waals surface area contributed by atoms with Gasteiger partial charge in [0, 0.05) is 5.02 Å². The van der Waals surface area contributed by atoms with Gasteiger partial charge in [-0.3, -0.25) is 9.56 Å². The van der Waals surface area contributed by atoms with Crippen LogP contribution in [0, 0.1) is 0 Å². The van der Waals surface area contributed by atoms with Gasteiger partial charge in [-0.05, 0) is 35.9 Å². The Morgan fingerprint density at radius 2 is 1.61 bits per heavy atom. The van der Waals surface area contributed by atoms with E-state index in [0.717, 1.165) is 37.6 Å². The first-order valence-corrected chi connectivity index (χ1v) is 10.1. The first-order chi connectivity index (χ1) is 13.8. The summed E-state index contributed by atoms with van der Waals surface area (Å²) in [6, 6.07) is 25.8. The molecule has 2 aromatic heterocycles. The van der Waals surface area contributed by atoms with Crippen molar-refractivity contribution >= 4 is 44.4 Å². The average Bonchev–Trinajstić information content (AvgIpc) is 3.08. The van der Waals surface area contributed by atoms with Crippen LogP contribution in [0.3, 0.4) is 0 Å². The van der Waals surface area contributed by atoms with Gasteiger partial charge in [0.15, 0.2) is 15.3 Å². The van der Waals surface area contributed by atoms with E-state index in [4.69, 9.17) is 26.6 Å². The fourth-order valence-electron chi connectivity index (χ4n) is 3.10. The first kappa shape index (κ1) is 17.1. The molecular weight excluding hydrogens is 388 g/mol. The molecule has 0 unspecified atom stereocenters.